The topological polar surface area (TPSA) is 46.2 Å². The quantitative estimate of drug-likeness (QED) is 0.780. The summed E-state index contributed by atoms with van der Waals surface area (Å²) >= 11 is 5.60. The van der Waals surface area contributed by atoms with Gasteiger partial charge in [-0.15, -0.1) is 0 Å². The zero-order valence-corrected chi connectivity index (χ0v) is 9.77. The largest absolute Gasteiger partial charge is 0.506 e. The van der Waals surface area contributed by atoms with Crippen molar-refractivity contribution in [3.05, 3.63) is 28.5 Å². The van der Waals surface area contributed by atoms with Gasteiger partial charge in [0.05, 0.1) is 0 Å². The van der Waals surface area contributed by atoms with Crippen LogP contribution in [0.5, 0.6) is 5.75 Å². The second kappa shape index (κ2) is 3.99. The lowest BCUT2D eigenvalue weighted by molar-refractivity contribution is 0.317. The summed E-state index contributed by atoms with van der Waals surface area (Å²) in [5, 5.41) is 9.39. The van der Waals surface area contributed by atoms with Gasteiger partial charge in [-0.05, 0) is 11.5 Å². The first-order chi connectivity index (χ1) is 6.75. The monoisotopic (exact) mass is 231 g/mol. The van der Waals surface area contributed by atoms with E-state index in [-0.39, 0.29) is 16.2 Å². The Kier molecular flexibility index (Phi) is 3.26. The Morgan fingerprint density at radius 2 is 1.93 bits per heavy atom. The predicted octanol–water partition coefficient (Wildman–Crippen LogP) is 3.23. The van der Waals surface area contributed by atoms with Gasteiger partial charge in [0.2, 0.25) is 0 Å². The van der Waals surface area contributed by atoms with E-state index in [0.29, 0.717) is 5.56 Å². The summed E-state index contributed by atoms with van der Waals surface area (Å²) in [5.41, 5.74) is 6.19. The summed E-state index contributed by atoms with van der Waals surface area (Å²) < 4.78 is 13.0. The molecule has 3 N–H and O–H groups in total. The molecular formula is C11H15ClFNO. The van der Waals surface area contributed by atoms with Crippen molar-refractivity contribution in [3.8, 4) is 5.75 Å². The van der Waals surface area contributed by atoms with Crippen molar-refractivity contribution in [1.82, 2.24) is 0 Å². The number of hydrogen-bond donors (Lipinski definition) is 2. The second-order valence-corrected chi connectivity index (χ2v) is 5.02. The fraction of sp³-hybridized carbons (Fsp3) is 0.455. The Morgan fingerprint density at radius 3 is 2.40 bits per heavy atom. The number of halogens is 2. The number of benzene rings is 1. The molecule has 0 amide bonds. The molecule has 0 fully saturated rings. The molecule has 1 rings (SSSR count). The van der Waals surface area contributed by atoms with Crippen molar-refractivity contribution >= 4 is 11.6 Å². The van der Waals surface area contributed by atoms with Gasteiger partial charge in [-0.1, -0.05) is 38.4 Å². The normalized spacial score (nSPS) is 14.0. The highest BCUT2D eigenvalue weighted by molar-refractivity contribution is 6.32. The molecule has 15 heavy (non-hydrogen) atoms. The first-order valence-electron chi connectivity index (χ1n) is 4.67. The molecule has 0 spiro atoms. The standard InChI is InChI=1S/C11H15ClFNO/c1-11(2,3)10(14)6-4-5-7(13)8(12)9(6)15/h4-5,10,15H,14H2,1-3H3/t10-/m1/s1. The fourth-order valence-electron chi connectivity index (χ4n) is 1.27. The molecule has 0 saturated heterocycles. The maximum atomic E-state index is 13.0. The van der Waals surface area contributed by atoms with Gasteiger partial charge in [0.15, 0.2) is 0 Å². The van der Waals surface area contributed by atoms with Crippen molar-refractivity contribution in [1.29, 1.82) is 0 Å². The molecule has 0 heterocycles. The van der Waals surface area contributed by atoms with Gasteiger partial charge in [0, 0.05) is 11.6 Å². The molecule has 0 aliphatic carbocycles. The Labute approximate surface area is 93.9 Å². The van der Waals surface area contributed by atoms with E-state index in [9.17, 15) is 9.50 Å². The Bertz CT molecular complexity index is 374. The van der Waals surface area contributed by atoms with E-state index in [4.69, 9.17) is 17.3 Å². The van der Waals surface area contributed by atoms with Gasteiger partial charge >= 0.3 is 0 Å². The maximum Gasteiger partial charge on any atom is 0.145 e. The molecule has 1 aromatic carbocycles. The minimum atomic E-state index is -0.640. The van der Waals surface area contributed by atoms with Crippen LogP contribution in [0.3, 0.4) is 0 Å². The summed E-state index contributed by atoms with van der Waals surface area (Å²) in [6.45, 7) is 5.82. The number of rotatable bonds is 1. The number of phenols is 1. The molecule has 0 unspecified atom stereocenters. The smallest absolute Gasteiger partial charge is 0.145 e. The average Bonchev–Trinajstić information content (AvgIpc) is 2.12. The van der Waals surface area contributed by atoms with Crippen LogP contribution in [0.15, 0.2) is 12.1 Å². The van der Waals surface area contributed by atoms with Crippen LogP contribution < -0.4 is 5.73 Å². The molecule has 0 radical (unpaired) electrons. The number of phenolic OH excluding ortho intramolecular Hbond substituents is 1. The van der Waals surface area contributed by atoms with Gasteiger partial charge in [-0.3, -0.25) is 0 Å². The molecular weight excluding hydrogens is 217 g/mol. The third-order valence-corrected chi connectivity index (χ3v) is 2.73. The van der Waals surface area contributed by atoms with E-state index in [1.165, 1.54) is 12.1 Å². The van der Waals surface area contributed by atoms with Crippen LogP contribution in [0.1, 0.15) is 32.4 Å². The molecule has 0 aliphatic rings. The zero-order valence-electron chi connectivity index (χ0n) is 9.01. The van der Waals surface area contributed by atoms with E-state index in [0.717, 1.165) is 0 Å². The van der Waals surface area contributed by atoms with Crippen molar-refractivity contribution < 1.29 is 9.50 Å². The maximum absolute atomic E-state index is 13.0. The molecule has 2 nitrogen and oxygen atoms in total. The van der Waals surface area contributed by atoms with E-state index < -0.39 is 11.9 Å². The highest BCUT2D eigenvalue weighted by atomic mass is 35.5. The van der Waals surface area contributed by atoms with Gasteiger partial charge < -0.3 is 10.8 Å². The van der Waals surface area contributed by atoms with Crippen LogP contribution in [0.4, 0.5) is 4.39 Å². The predicted molar refractivity (Wildman–Crippen MR) is 59.5 cm³/mol. The van der Waals surface area contributed by atoms with Crippen molar-refractivity contribution in [2.24, 2.45) is 11.1 Å². The molecule has 84 valence electrons. The van der Waals surface area contributed by atoms with E-state index in [1.807, 2.05) is 20.8 Å². The fourth-order valence-corrected chi connectivity index (χ4v) is 1.44. The molecule has 0 aromatic heterocycles. The van der Waals surface area contributed by atoms with Crippen LogP contribution >= 0.6 is 11.6 Å². The molecule has 0 bridgehead atoms. The average molecular weight is 232 g/mol. The van der Waals surface area contributed by atoms with Crippen LogP contribution in [0.25, 0.3) is 0 Å². The zero-order chi connectivity index (χ0) is 11.8. The Morgan fingerprint density at radius 1 is 1.40 bits per heavy atom. The summed E-state index contributed by atoms with van der Waals surface area (Å²) in [7, 11) is 0. The van der Waals surface area contributed by atoms with Crippen LogP contribution in [-0.4, -0.2) is 5.11 Å². The summed E-state index contributed by atoms with van der Waals surface area (Å²) in [6.07, 6.45) is 0. The van der Waals surface area contributed by atoms with E-state index >= 15 is 0 Å². The number of aromatic hydroxyl groups is 1. The molecule has 1 aromatic rings. The number of hydrogen-bond acceptors (Lipinski definition) is 2. The second-order valence-electron chi connectivity index (χ2n) is 4.64. The number of nitrogens with two attached hydrogens (primary N) is 1. The van der Waals surface area contributed by atoms with Gasteiger partial charge in [0.1, 0.15) is 16.6 Å². The van der Waals surface area contributed by atoms with Crippen molar-refractivity contribution in [2.45, 2.75) is 26.8 Å². The SMILES string of the molecule is CC(C)(C)[C@H](N)c1ccc(F)c(Cl)c1O. The first-order valence-corrected chi connectivity index (χ1v) is 5.05. The summed E-state index contributed by atoms with van der Waals surface area (Å²) in [5.74, 6) is -0.905. The lowest BCUT2D eigenvalue weighted by Gasteiger charge is -2.28. The summed E-state index contributed by atoms with van der Waals surface area (Å²) in [4.78, 5) is 0. The third kappa shape index (κ3) is 2.41. The minimum Gasteiger partial charge on any atom is -0.506 e. The molecule has 0 saturated carbocycles. The van der Waals surface area contributed by atoms with Crippen LogP contribution in [0.2, 0.25) is 5.02 Å². The van der Waals surface area contributed by atoms with Crippen molar-refractivity contribution in [3.63, 3.8) is 0 Å². The van der Waals surface area contributed by atoms with Gasteiger partial charge in [-0.25, -0.2) is 4.39 Å². The van der Waals surface area contributed by atoms with Crippen molar-refractivity contribution in [2.75, 3.05) is 0 Å². The highest BCUT2D eigenvalue weighted by Gasteiger charge is 2.26. The highest BCUT2D eigenvalue weighted by Crippen LogP contribution is 2.39. The lowest BCUT2D eigenvalue weighted by Crippen LogP contribution is -2.26. The van der Waals surface area contributed by atoms with E-state index in [1.54, 1.807) is 0 Å². The van der Waals surface area contributed by atoms with Gasteiger partial charge in [-0.2, -0.15) is 0 Å². The van der Waals surface area contributed by atoms with Gasteiger partial charge in [0.25, 0.3) is 0 Å². The van der Waals surface area contributed by atoms with E-state index in [2.05, 4.69) is 0 Å². The minimum absolute atomic E-state index is 0.224. The molecule has 1 atom stereocenters. The Balaban J connectivity index is 3.23. The van der Waals surface area contributed by atoms with Crippen LogP contribution in [0, 0.1) is 11.2 Å². The first kappa shape index (κ1) is 12.3. The van der Waals surface area contributed by atoms with Crippen LogP contribution in [-0.2, 0) is 0 Å². The third-order valence-electron chi connectivity index (χ3n) is 2.37. The lowest BCUT2D eigenvalue weighted by atomic mass is 9.83. The molecule has 4 heteroatoms. The summed E-state index contributed by atoms with van der Waals surface area (Å²) in [6, 6.07) is 2.28. The molecule has 0 aliphatic heterocycles. The Hall–Kier alpha value is -0.800.